The zero-order valence-corrected chi connectivity index (χ0v) is 12.8. The predicted octanol–water partition coefficient (Wildman–Crippen LogP) is 2.11. The van der Waals surface area contributed by atoms with Gasteiger partial charge < -0.3 is 19.9 Å². The van der Waals surface area contributed by atoms with Crippen LogP contribution in [0.5, 0.6) is 0 Å². The Kier molecular flexibility index (Phi) is 7.16. The van der Waals surface area contributed by atoms with E-state index in [1.165, 1.54) is 12.8 Å². The molecule has 0 bridgehead atoms. The number of likely N-dealkylation sites (N-methyl/N-ethyl adjacent to an activating group) is 1. The number of aliphatic hydroxyl groups excluding tert-OH is 1. The van der Waals surface area contributed by atoms with Crippen molar-refractivity contribution >= 4 is 0 Å². The van der Waals surface area contributed by atoms with Gasteiger partial charge in [-0.15, -0.1) is 0 Å². The van der Waals surface area contributed by atoms with Gasteiger partial charge in [0, 0.05) is 6.04 Å². The van der Waals surface area contributed by atoms with E-state index >= 15 is 0 Å². The summed E-state index contributed by atoms with van der Waals surface area (Å²) in [6.45, 7) is 1.18. The summed E-state index contributed by atoms with van der Waals surface area (Å²) in [4.78, 5) is 0. The van der Waals surface area contributed by atoms with E-state index in [1.807, 2.05) is 37.4 Å². The first-order valence-corrected chi connectivity index (χ1v) is 7.88. The van der Waals surface area contributed by atoms with Gasteiger partial charge in [0.05, 0.1) is 25.9 Å². The fourth-order valence-electron chi connectivity index (χ4n) is 2.80. The van der Waals surface area contributed by atoms with Gasteiger partial charge >= 0.3 is 0 Å². The van der Waals surface area contributed by atoms with Crippen LogP contribution in [0.3, 0.4) is 0 Å². The third-order valence-electron chi connectivity index (χ3n) is 4.00. The predicted molar refractivity (Wildman–Crippen MR) is 83.2 cm³/mol. The second kappa shape index (κ2) is 9.15. The van der Waals surface area contributed by atoms with Crippen molar-refractivity contribution < 1.29 is 14.6 Å². The Morgan fingerprint density at radius 2 is 1.95 bits per heavy atom. The molecule has 1 aromatic carbocycles. The van der Waals surface area contributed by atoms with Gasteiger partial charge in [-0.25, -0.2) is 0 Å². The van der Waals surface area contributed by atoms with Crippen LogP contribution in [-0.4, -0.2) is 43.6 Å². The monoisotopic (exact) mass is 293 g/mol. The minimum atomic E-state index is -0.562. The molecule has 1 fully saturated rings. The molecule has 0 spiro atoms. The van der Waals surface area contributed by atoms with Crippen LogP contribution in [0.4, 0.5) is 0 Å². The van der Waals surface area contributed by atoms with Crippen LogP contribution in [-0.2, 0) is 16.1 Å². The number of benzene rings is 1. The molecule has 1 aromatic rings. The molecule has 2 N–H and O–H groups in total. The fourth-order valence-corrected chi connectivity index (χ4v) is 2.80. The number of aliphatic hydroxyl groups is 1. The van der Waals surface area contributed by atoms with Gasteiger partial charge in [-0.2, -0.15) is 0 Å². The number of rotatable bonds is 8. The largest absolute Gasteiger partial charge is 0.388 e. The Morgan fingerprint density at radius 3 is 2.71 bits per heavy atom. The molecule has 1 aliphatic carbocycles. The Balaban J connectivity index is 1.61. The molecule has 118 valence electrons. The molecular weight excluding hydrogens is 266 g/mol. The van der Waals surface area contributed by atoms with Crippen LogP contribution in [0.2, 0.25) is 0 Å². The summed E-state index contributed by atoms with van der Waals surface area (Å²) in [5.41, 5.74) is 1.12. The van der Waals surface area contributed by atoms with Crippen molar-refractivity contribution in [2.24, 2.45) is 0 Å². The summed E-state index contributed by atoms with van der Waals surface area (Å²) in [5.74, 6) is 0. The summed E-state index contributed by atoms with van der Waals surface area (Å²) >= 11 is 0. The first kappa shape index (κ1) is 16.4. The lowest BCUT2D eigenvalue weighted by atomic mass is 9.92. The average Bonchev–Trinajstić information content (AvgIpc) is 2.54. The summed E-state index contributed by atoms with van der Waals surface area (Å²) in [7, 11) is 1.98. The lowest BCUT2D eigenvalue weighted by Gasteiger charge is -2.31. The molecule has 21 heavy (non-hydrogen) atoms. The molecule has 1 aliphatic rings. The standard InChI is InChI=1S/C17H27NO3/c1-18-16-9-5-6-10-17(16)21-13-15(19)12-20-11-14-7-3-2-4-8-14/h2-4,7-8,15-19H,5-6,9-13H2,1H3. The summed E-state index contributed by atoms with van der Waals surface area (Å²) < 4.78 is 11.4. The van der Waals surface area contributed by atoms with Crippen molar-refractivity contribution in [2.75, 3.05) is 20.3 Å². The van der Waals surface area contributed by atoms with Crippen molar-refractivity contribution in [3.8, 4) is 0 Å². The van der Waals surface area contributed by atoms with Crippen molar-refractivity contribution in [2.45, 2.75) is 50.5 Å². The quantitative estimate of drug-likeness (QED) is 0.771. The summed E-state index contributed by atoms with van der Waals surface area (Å²) in [6.07, 6.45) is 4.35. The molecule has 3 atom stereocenters. The van der Waals surface area contributed by atoms with E-state index in [-0.39, 0.29) is 6.10 Å². The zero-order valence-electron chi connectivity index (χ0n) is 12.8. The van der Waals surface area contributed by atoms with E-state index in [2.05, 4.69) is 5.32 Å². The van der Waals surface area contributed by atoms with Gasteiger partial charge in [0.25, 0.3) is 0 Å². The van der Waals surface area contributed by atoms with Crippen LogP contribution in [0.1, 0.15) is 31.2 Å². The zero-order chi connectivity index (χ0) is 14.9. The van der Waals surface area contributed by atoms with Gasteiger partial charge in [-0.1, -0.05) is 43.2 Å². The number of ether oxygens (including phenoxy) is 2. The smallest absolute Gasteiger partial charge is 0.101 e. The van der Waals surface area contributed by atoms with E-state index in [0.29, 0.717) is 25.9 Å². The van der Waals surface area contributed by atoms with Crippen LogP contribution >= 0.6 is 0 Å². The maximum atomic E-state index is 9.95. The molecule has 0 radical (unpaired) electrons. The third kappa shape index (κ3) is 5.75. The Labute approximate surface area is 127 Å². The molecule has 0 aromatic heterocycles. The highest BCUT2D eigenvalue weighted by Crippen LogP contribution is 2.21. The van der Waals surface area contributed by atoms with E-state index in [9.17, 15) is 5.11 Å². The van der Waals surface area contributed by atoms with E-state index in [1.54, 1.807) is 0 Å². The molecule has 0 saturated heterocycles. The van der Waals surface area contributed by atoms with Crippen molar-refractivity contribution in [3.05, 3.63) is 35.9 Å². The number of hydrogen-bond donors (Lipinski definition) is 2. The fraction of sp³-hybridized carbons (Fsp3) is 0.647. The molecule has 4 heteroatoms. The van der Waals surface area contributed by atoms with Crippen molar-refractivity contribution in [1.29, 1.82) is 0 Å². The second-order valence-electron chi connectivity index (χ2n) is 5.71. The van der Waals surface area contributed by atoms with Crippen molar-refractivity contribution in [1.82, 2.24) is 5.32 Å². The summed E-state index contributed by atoms with van der Waals surface area (Å²) in [5, 5.41) is 13.3. The molecular formula is C17H27NO3. The normalized spacial score (nSPS) is 23.9. The Morgan fingerprint density at radius 1 is 1.19 bits per heavy atom. The van der Waals surface area contributed by atoms with Crippen LogP contribution in [0, 0.1) is 0 Å². The van der Waals surface area contributed by atoms with E-state index in [4.69, 9.17) is 9.47 Å². The maximum Gasteiger partial charge on any atom is 0.101 e. The highest BCUT2D eigenvalue weighted by atomic mass is 16.5. The van der Waals surface area contributed by atoms with Gasteiger partial charge in [0.1, 0.15) is 6.10 Å². The van der Waals surface area contributed by atoms with E-state index < -0.39 is 6.10 Å². The van der Waals surface area contributed by atoms with Crippen LogP contribution in [0.25, 0.3) is 0 Å². The minimum Gasteiger partial charge on any atom is -0.388 e. The minimum absolute atomic E-state index is 0.215. The highest BCUT2D eigenvalue weighted by molar-refractivity contribution is 5.13. The number of nitrogens with one attached hydrogen (secondary N) is 1. The Hall–Kier alpha value is -0.940. The van der Waals surface area contributed by atoms with Gasteiger partial charge in [0.2, 0.25) is 0 Å². The van der Waals surface area contributed by atoms with Gasteiger partial charge in [0.15, 0.2) is 0 Å². The average molecular weight is 293 g/mol. The van der Waals surface area contributed by atoms with E-state index in [0.717, 1.165) is 18.4 Å². The van der Waals surface area contributed by atoms with Gasteiger partial charge in [-0.05, 0) is 25.5 Å². The lowest BCUT2D eigenvalue weighted by molar-refractivity contribution is -0.0638. The molecule has 3 unspecified atom stereocenters. The SMILES string of the molecule is CNC1CCCCC1OCC(O)COCc1ccccc1. The third-order valence-corrected chi connectivity index (χ3v) is 4.00. The lowest BCUT2D eigenvalue weighted by Crippen LogP contribution is -2.43. The number of hydrogen-bond acceptors (Lipinski definition) is 4. The van der Waals surface area contributed by atoms with Crippen molar-refractivity contribution in [3.63, 3.8) is 0 Å². The second-order valence-corrected chi connectivity index (χ2v) is 5.71. The molecule has 0 aliphatic heterocycles. The first-order valence-electron chi connectivity index (χ1n) is 7.88. The molecule has 0 amide bonds. The first-order chi connectivity index (χ1) is 10.3. The van der Waals surface area contributed by atoms with Crippen LogP contribution < -0.4 is 5.32 Å². The molecule has 0 heterocycles. The maximum absolute atomic E-state index is 9.95. The highest BCUT2D eigenvalue weighted by Gasteiger charge is 2.24. The molecule has 2 rings (SSSR count). The Bertz CT molecular complexity index is 385. The van der Waals surface area contributed by atoms with Crippen LogP contribution in [0.15, 0.2) is 30.3 Å². The summed E-state index contributed by atoms with van der Waals surface area (Å²) in [6, 6.07) is 10.4. The topological polar surface area (TPSA) is 50.7 Å². The molecule has 1 saturated carbocycles. The van der Waals surface area contributed by atoms with Gasteiger partial charge in [-0.3, -0.25) is 0 Å². The molecule has 4 nitrogen and oxygen atoms in total.